The maximum Gasteiger partial charge on any atom is 0.143 e. The zero-order valence-electron chi connectivity index (χ0n) is 31.7. The Labute approximate surface area is 337 Å². The van der Waals surface area contributed by atoms with Crippen molar-refractivity contribution in [2.24, 2.45) is 0 Å². The summed E-state index contributed by atoms with van der Waals surface area (Å²) >= 11 is 0. The van der Waals surface area contributed by atoms with E-state index >= 15 is 0 Å². The smallest absolute Gasteiger partial charge is 0.143 e. The molecule has 0 amide bonds. The van der Waals surface area contributed by atoms with Gasteiger partial charge in [0.1, 0.15) is 11.2 Å². The van der Waals surface area contributed by atoms with Gasteiger partial charge in [0.2, 0.25) is 0 Å². The minimum atomic E-state index is 0.899. The van der Waals surface area contributed by atoms with Crippen LogP contribution in [0.1, 0.15) is 0 Å². The van der Waals surface area contributed by atoms with E-state index in [0.29, 0.717) is 0 Å². The zero-order valence-corrected chi connectivity index (χ0v) is 31.7. The van der Waals surface area contributed by atoms with Crippen molar-refractivity contribution < 1.29 is 4.42 Å². The van der Waals surface area contributed by atoms with E-state index in [1.807, 2.05) is 6.07 Å². The summed E-state index contributed by atoms with van der Waals surface area (Å²) in [5.41, 5.74) is 14.5. The van der Waals surface area contributed by atoms with E-state index in [4.69, 9.17) is 4.42 Å². The van der Waals surface area contributed by atoms with Crippen LogP contribution in [0.15, 0.2) is 229 Å². The Kier molecular flexibility index (Phi) is 8.19. The second-order valence-corrected chi connectivity index (χ2v) is 14.9. The summed E-state index contributed by atoms with van der Waals surface area (Å²) in [4.78, 5) is 2.39. The van der Waals surface area contributed by atoms with Crippen molar-refractivity contribution in [1.29, 1.82) is 0 Å². The number of nitrogens with zero attached hydrogens (tertiary/aromatic N) is 1. The highest BCUT2D eigenvalue weighted by Gasteiger charge is 2.21. The molecule has 0 atom stereocenters. The first-order valence-electron chi connectivity index (χ1n) is 19.8. The average Bonchev–Trinajstić information content (AvgIpc) is 3.69. The number of para-hydroxylation sites is 2. The van der Waals surface area contributed by atoms with Gasteiger partial charge < -0.3 is 9.32 Å². The molecule has 1 heterocycles. The molecule has 0 saturated heterocycles. The Hall–Kier alpha value is -7.68. The predicted octanol–water partition coefficient (Wildman–Crippen LogP) is 16.0. The minimum absolute atomic E-state index is 0.899. The molecule has 0 N–H and O–H groups in total. The van der Waals surface area contributed by atoms with Gasteiger partial charge in [-0.1, -0.05) is 170 Å². The van der Waals surface area contributed by atoms with E-state index in [9.17, 15) is 0 Å². The average molecular weight is 740 g/mol. The molecule has 0 saturated carbocycles. The first kappa shape index (κ1) is 33.6. The van der Waals surface area contributed by atoms with Gasteiger partial charge in [-0.15, -0.1) is 0 Å². The molecular weight excluding hydrogens is 703 g/mol. The summed E-state index contributed by atoms with van der Waals surface area (Å²) in [6.45, 7) is 0. The van der Waals surface area contributed by atoms with Crippen LogP contribution in [-0.4, -0.2) is 0 Å². The predicted molar refractivity (Wildman–Crippen MR) is 245 cm³/mol. The highest BCUT2D eigenvalue weighted by molar-refractivity contribution is 6.19. The van der Waals surface area contributed by atoms with Crippen LogP contribution in [0.3, 0.4) is 0 Å². The Bertz CT molecular complexity index is 3270. The molecule has 0 bridgehead atoms. The third-order valence-electron chi connectivity index (χ3n) is 11.5. The fourth-order valence-electron chi connectivity index (χ4n) is 8.58. The molecule has 1 aromatic heterocycles. The number of anilines is 3. The van der Waals surface area contributed by atoms with Gasteiger partial charge in [-0.05, 0) is 110 Å². The molecule has 0 unspecified atom stereocenters. The number of hydrogen-bond acceptors (Lipinski definition) is 2. The summed E-state index contributed by atoms with van der Waals surface area (Å²) in [7, 11) is 0. The molecule has 0 aliphatic heterocycles. The van der Waals surface area contributed by atoms with Gasteiger partial charge in [0.05, 0.1) is 5.69 Å². The molecule has 272 valence electrons. The van der Waals surface area contributed by atoms with Gasteiger partial charge in [0, 0.05) is 33.1 Å². The number of furan rings is 1. The Morgan fingerprint density at radius 2 is 0.828 bits per heavy atom. The molecule has 0 aliphatic carbocycles. The Morgan fingerprint density at radius 3 is 1.60 bits per heavy atom. The van der Waals surface area contributed by atoms with E-state index in [1.165, 1.54) is 49.7 Å². The van der Waals surface area contributed by atoms with Gasteiger partial charge >= 0.3 is 0 Å². The van der Waals surface area contributed by atoms with Crippen LogP contribution < -0.4 is 4.90 Å². The Morgan fingerprint density at radius 1 is 0.293 bits per heavy atom. The van der Waals surface area contributed by atoms with E-state index < -0.39 is 0 Å². The highest BCUT2D eigenvalue weighted by atomic mass is 16.3. The number of benzene rings is 10. The van der Waals surface area contributed by atoms with Crippen molar-refractivity contribution in [2.75, 3.05) is 4.90 Å². The first-order chi connectivity index (χ1) is 28.7. The van der Waals surface area contributed by atoms with Gasteiger partial charge in [0.15, 0.2) is 0 Å². The molecule has 0 aliphatic rings. The summed E-state index contributed by atoms with van der Waals surface area (Å²) in [6.07, 6.45) is 0. The molecule has 10 aromatic carbocycles. The quantitative estimate of drug-likeness (QED) is 0.162. The molecule has 0 spiro atoms. The fraction of sp³-hybridized carbons (Fsp3) is 0. The van der Waals surface area contributed by atoms with E-state index in [2.05, 4.69) is 223 Å². The Balaban J connectivity index is 1.05. The van der Waals surface area contributed by atoms with Crippen molar-refractivity contribution >= 4 is 60.5 Å². The summed E-state index contributed by atoms with van der Waals surface area (Å²) in [5.74, 6) is 0. The van der Waals surface area contributed by atoms with Crippen molar-refractivity contribution in [1.82, 2.24) is 0 Å². The molecule has 0 radical (unpaired) electrons. The van der Waals surface area contributed by atoms with Crippen molar-refractivity contribution in [3.8, 4) is 44.5 Å². The van der Waals surface area contributed by atoms with Crippen molar-refractivity contribution in [3.63, 3.8) is 0 Å². The lowest BCUT2D eigenvalue weighted by molar-refractivity contribution is 0.672. The maximum atomic E-state index is 6.51. The zero-order chi connectivity index (χ0) is 38.4. The largest absolute Gasteiger partial charge is 0.455 e. The van der Waals surface area contributed by atoms with Crippen LogP contribution >= 0.6 is 0 Å². The number of hydrogen-bond donors (Lipinski definition) is 0. The van der Waals surface area contributed by atoms with Gasteiger partial charge in [-0.3, -0.25) is 0 Å². The van der Waals surface area contributed by atoms with Crippen LogP contribution in [0.5, 0.6) is 0 Å². The summed E-state index contributed by atoms with van der Waals surface area (Å²) in [6, 6.07) is 80.7. The topological polar surface area (TPSA) is 16.4 Å². The van der Waals surface area contributed by atoms with E-state index in [0.717, 1.165) is 55.3 Å². The first-order valence-corrected chi connectivity index (χ1v) is 19.8. The molecule has 0 fully saturated rings. The summed E-state index contributed by atoms with van der Waals surface area (Å²) < 4.78 is 6.51. The summed E-state index contributed by atoms with van der Waals surface area (Å²) in [5, 5.41) is 7.00. The lowest BCUT2D eigenvalue weighted by Crippen LogP contribution is -2.11. The second-order valence-electron chi connectivity index (χ2n) is 14.9. The van der Waals surface area contributed by atoms with Crippen LogP contribution in [0.4, 0.5) is 17.1 Å². The van der Waals surface area contributed by atoms with Crippen LogP contribution in [0.2, 0.25) is 0 Å². The molecule has 11 rings (SSSR count). The SMILES string of the molecule is c1ccc(-c2ccc(N(c3ccc(-c4cccc(-c5ccc6ccccc6c5)c4)cc3)c3ccccc3-c3cc4c5ccccc5oc4c4ccccc34)cc2)cc1. The van der Waals surface area contributed by atoms with Crippen molar-refractivity contribution in [2.45, 2.75) is 0 Å². The van der Waals surface area contributed by atoms with Crippen LogP contribution in [0.25, 0.3) is 88.0 Å². The lowest BCUT2D eigenvalue weighted by Gasteiger charge is -2.28. The molecule has 2 nitrogen and oxygen atoms in total. The highest BCUT2D eigenvalue weighted by Crippen LogP contribution is 2.46. The van der Waals surface area contributed by atoms with Crippen LogP contribution in [0, 0.1) is 0 Å². The molecule has 11 aromatic rings. The van der Waals surface area contributed by atoms with Crippen LogP contribution in [-0.2, 0) is 0 Å². The third-order valence-corrected chi connectivity index (χ3v) is 11.5. The van der Waals surface area contributed by atoms with Gasteiger partial charge in [-0.2, -0.15) is 0 Å². The minimum Gasteiger partial charge on any atom is -0.455 e. The van der Waals surface area contributed by atoms with Gasteiger partial charge in [0.25, 0.3) is 0 Å². The molecular formula is C56H37NO. The molecule has 2 heteroatoms. The van der Waals surface area contributed by atoms with E-state index in [-0.39, 0.29) is 0 Å². The fourth-order valence-corrected chi connectivity index (χ4v) is 8.58. The third kappa shape index (κ3) is 5.91. The maximum absolute atomic E-state index is 6.51. The standard InChI is InChI=1S/C56H37NO/c1-2-13-38(14-3-1)40-27-31-46(32-28-40)57(47-33-29-41(30-34-47)43-17-12-18-44(35-43)45-26-25-39-15-4-5-16-42(39)36-45)54-23-10-8-20-49(54)52-37-53-50-21-9-11-24-55(50)58-56(53)51-22-7-6-19-48(51)52/h1-37H. The second kappa shape index (κ2) is 14.1. The van der Waals surface area contributed by atoms with E-state index in [1.54, 1.807) is 0 Å². The number of rotatable bonds is 7. The lowest BCUT2D eigenvalue weighted by atomic mass is 9.93. The molecule has 58 heavy (non-hydrogen) atoms. The monoisotopic (exact) mass is 739 g/mol. The normalized spacial score (nSPS) is 11.4. The number of fused-ring (bicyclic) bond motifs is 6. The van der Waals surface area contributed by atoms with Gasteiger partial charge in [-0.25, -0.2) is 0 Å². The van der Waals surface area contributed by atoms with Crippen molar-refractivity contribution in [3.05, 3.63) is 224 Å².